The molecule has 0 radical (unpaired) electrons. The second-order valence-electron chi connectivity index (χ2n) is 8.62. The summed E-state index contributed by atoms with van der Waals surface area (Å²) in [7, 11) is 1.24. The summed E-state index contributed by atoms with van der Waals surface area (Å²) in [6, 6.07) is 3.89. The van der Waals surface area contributed by atoms with Crippen molar-refractivity contribution in [2.75, 3.05) is 12.4 Å². The van der Waals surface area contributed by atoms with Gasteiger partial charge in [0, 0.05) is 30.2 Å². The number of carbonyl (C=O) groups is 5. The molecule has 202 valence electrons. The molecule has 3 atom stereocenters. The van der Waals surface area contributed by atoms with E-state index in [1.165, 1.54) is 25.2 Å². The van der Waals surface area contributed by atoms with Crippen LogP contribution in [0.1, 0.15) is 46.2 Å². The number of hydrogen-bond acceptors (Lipinski definition) is 6. The minimum absolute atomic E-state index is 0.0739. The van der Waals surface area contributed by atoms with Crippen LogP contribution in [0.15, 0.2) is 36.5 Å². The van der Waals surface area contributed by atoms with Crippen LogP contribution in [0.4, 0.5) is 18.9 Å². The van der Waals surface area contributed by atoms with Crippen molar-refractivity contribution in [2.24, 2.45) is 5.92 Å². The summed E-state index contributed by atoms with van der Waals surface area (Å²) in [5.74, 6) is -4.65. The standard InChI is InChI=1S/C24H23ClF3N5O5/c1-11-7-13(21(36)31-11)8-17(19(34)23(38)29-2)33-22(37)15-9-14(25)4-5-16(15)32-20(35)12-3-6-18(30-10-12)24(26,27)28/h3-6,9-11,13,17H,7-8H2,1-2H3,(H,29,38)(H,31,36)(H,32,35)(H,33,37)/t11-,13+,17+/m1/s1. The highest BCUT2D eigenvalue weighted by Crippen LogP contribution is 2.28. The van der Waals surface area contributed by atoms with Gasteiger partial charge in [0.05, 0.1) is 22.9 Å². The monoisotopic (exact) mass is 553 g/mol. The third-order valence-electron chi connectivity index (χ3n) is 5.78. The Bertz CT molecular complexity index is 1270. The van der Waals surface area contributed by atoms with Crippen LogP contribution in [0.25, 0.3) is 0 Å². The molecule has 4 amide bonds. The van der Waals surface area contributed by atoms with Crippen LogP contribution < -0.4 is 21.3 Å². The highest BCUT2D eigenvalue weighted by Gasteiger charge is 2.36. The highest BCUT2D eigenvalue weighted by atomic mass is 35.5. The fourth-order valence-electron chi connectivity index (χ4n) is 3.89. The van der Waals surface area contributed by atoms with E-state index in [-0.39, 0.29) is 40.2 Å². The molecule has 0 bridgehead atoms. The van der Waals surface area contributed by atoms with Gasteiger partial charge < -0.3 is 21.3 Å². The zero-order valence-corrected chi connectivity index (χ0v) is 20.9. The first-order chi connectivity index (χ1) is 17.8. The molecule has 3 rings (SSSR count). The van der Waals surface area contributed by atoms with E-state index in [4.69, 9.17) is 11.6 Å². The lowest BCUT2D eigenvalue weighted by Crippen LogP contribution is -2.48. The Morgan fingerprint density at radius 1 is 1.16 bits per heavy atom. The maximum atomic E-state index is 13.2. The maximum Gasteiger partial charge on any atom is 0.433 e. The van der Waals surface area contributed by atoms with Crippen LogP contribution in [-0.2, 0) is 20.6 Å². The molecular formula is C24H23ClF3N5O5. The molecule has 2 aromatic rings. The summed E-state index contributed by atoms with van der Waals surface area (Å²) in [5.41, 5.74) is -1.66. The van der Waals surface area contributed by atoms with Crippen LogP contribution in [0.2, 0.25) is 5.02 Å². The van der Waals surface area contributed by atoms with Gasteiger partial charge in [0.1, 0.15) is 5.69 Å². The van der Waals surface area contributed by atoms with Crippen LogP contribution in [-0.4, -0.2) is 53.5 Å². The van der Waals surface area contributed by atoms with Gasteiger partial charge in [0.25, 0.3) is 17.7 Å². The number of pyridine rings is 1. The minimum Gasteiger partial charge on any atom is -0.353 e. The Morgan fingerprint density at radius 3 is 2.42 bits per heavy atom. The number of nitrogens with zero attached hydrogens (tertiary/aromatic N) is 1. The first kappa shape index (κ1) is 28.6. The normalized spacial score (nSPS) is 17.8. The number of anilines is 1. The topological polar surface area (TPSA) is 146 Å². The Kier molecular flexibility index (Phi) is 8.71. The van der Waals surface area contributed by atoms with E-state index in [1.807, 2.05) is 0 Å². The van der Waals surface area contributed by atoms with E-state index < -0.39 is 47.3 Å². The zero-order chi connectivity index (χ0) is 28.2. The van der Waals surface area contributed by atoms with Gasteiger partial charge in [-0.05, 0) is 50.1 Å². The fourth-order valence-corrected chi connectivity index (χ4v) is 4.07. The van der Waals surface area contributed by atoms with E-state index in [0.717, 1.165) is 12.3 Å². The molecule has 0 spiro atoms. The summed E-state index contributed by atoms with van der Waals surface area (Å²) < 4.78 is 38.3. The third kappa shape index (κ3) is 6.85. The van der Waals surface area contributed by atoms with Crippen molar-refractivity contribution in [3.63, 3.8) is 0 Å². The number of halogens is 4. The van der Waals surface area contributed by atoms with Crippen LogP contribution in [0.5, 0.6) is 0 Å². The molecule has 0 unspecified atom stereocenters. The van der Waals surface area contributed by atoms with Gasteiger partial charge in [0.2, 0.25) is 11.7 Å². The van der Waals surface area contributed by atoms with E-state index in [9.17, 15) is 37.1 Å². The van der Waals surface area contributed by atoms with Crippen molar-refractivity contribution in [3.05, 3.63) is 58.4 Å². The highest BCUT2D eigenvalue weighted by molar-refractivity contribution is 6.38. The maximum absolute atomic E-state index is 13.2. The second-order valence-corrected chi connectivity index (χ2v) is 9.06. The van der Waals surface area contributed by atoms with E-state index in [2.05, 4.69) is 26.3 Å². The number of aromatic nitrogens is 1. The lowest BCUT2D eigenvalue weighted by molar-refractivity contribution is -0.141. The Morgan fingerprint density at radius 2 is 1.87 bits per heavy atom. The molecule has 1 aromatic carbocycles. The Labute approximate surface area is 219 Å². The number of Topliss-reactive ketones (excluding diaryl/α,β-unsaturated/α-hetero) is 1. The molecular weight excluding hydrogens is 531 g/mol. The van der Waals surface area contributed by atoms with E-state index in [1.54, 1.807) is 6.92 Å². The van der Waals surface area contributed by atoms with Crippen LogP contribution in [0.3, 0.4) is 0 Å². The number of rotatable bonds is 8. The Balaban J connectivity index is 1.84. The molecule has 1 aliphatic heterocycles. The Hall–Kier alpha value is -4.00. The summed E-state index contributed by atoms with van der Waals surface area (Å²) >= 11 is 6.03. The number of likely N-dealkylation sites (N-methyl/N-ethyl adjacent to an activating group) is 1. The van der Waals surface area contributed by atoms with Crippen molar-refractivity contribution < 1.29 is 37.1 Å². The quantitative estimate of drug-likeness (QED) is 0.369. The molecule has 38 heavy (non-hydrogen) atoms. The molecule has 0 aliphatic carbocycles. The molecule has 4 N–H and O–H groups in total. The lowest BCUT2D eigenvalue weighted by atomic mass is 9.93. The van der Waals surface area contributed by atoms with E-state index in [0.29, 0.717) is 12.5 Å². The lowest BCUT2D eigenvalue weighted by Gasteiger charge is -2.20. The van der Waals surface area contributed by atoms with Crippen molar-refractivity contribution in [3.8, 4) is 0 Å². The summed E-state index contributed by atoms with van der Waals surface area (Å²) in [6.07, 6.45) is -3.70. The first-order valence-corrected chi connectivity index (χ1v) is 11.7. The van der Waals surface area contributed by atoms with Gasteiger partial charge in [-0.3, -0.25) is 29.0 Å². The summed E-state index contributed by atoms with van der Waals surface area (Å²) in [5, 5.41) is 9.84. The van der Waals surface area contributed by atoms with Gasteiger partial charge >= 0.3 is 6.18 Å². The fraction of sp³-hybridized carbons (Fsp3) is 0.333. The molecule has 2 heterocycles. The predicted octanol–water partition coefficient (Wildman–Crippen LogP) is 2.33. The predicted molar refractivity (Wildman–Crippen MR) is 129 cm³/mol. The summed E-state index contributed by atoms with van der Waals surface area (Å²) in [6.45, 7) is 1.78. The SMILES string of the molecule is CNC(=O)C(=O)[C@H](C[C@@H]1C[C@@H](C)NC1=O)NC(=O)c1cc(Cl)ccc1NC(=O)c1ccc(C(F)(F)F)nc1. The third-order valence-corrected chi connectivity index (χ3v) is 6.02. The molecule has 14 heteroatoms. The number of benzene rings is 1. The number of amides is 4. The number of carbonyl (C=O) groups excluding carboxylic acids is 5. The summed E-state index contributed by atoms with van der Waals surface area (Å²) in [4.78, 5) is 66.0. The number of ketones is 1. The molecule has 1 saturated heterocycles. The second kappa shape index (κ2) is 11.6. The number of alkyl halides is 3. The van der Waals surface area contributed by atoms with Gasteiger partial charge in [0.15, 0.2) is 0 Å². The molecule has 1 fully saturated rings. The van der Waals surface area contributed by atoms with Crippen LogP contribution >= 0.6 is 11.6 Å². The molecule has 1 aromatic heterocycles. The molecule has 0 saturated carbocycles. The molecule has 1 aliphatic rings. The van der Waals surface area contributed by atoms with Gasteiger partial charge in [-0.1, -0.05) is 11.6 Å². The average molecular weight is 554 g/mol. The van der Waals surface area contributed by atoms with Gasteiger partial charge in [-0.25, -0.2) is 0 Å². The van der Waals surface area contributed by atoms with Crippen molar-refractivity contribution in [1.82, 2.24) is 20.9 Å². The minimum atomic E-state index is -4.68. The number of hydrogen-bond donors (Lipinski definition) is 4. The van der Waals surface area contributed by atoms with E-state index >= 15 is 0 Å². The number of nitrogens with one attached hydrogen (secondary N) is 4. The van der Waals surface area contributed by atoms with Crippen molar-refractivity contribution >= 4 is 46.7 Å². The first-order valence-electron chi connectivity index (χ1n) is 11.3. The largest absolute Gasteiger partial charge is 0.433 e. The molecule has 10 nitrogen and oxygen atoms in total. The van der Waals surface area contributed by atoms with Crippen molar-refractivity contribution in [2.45, 2.75) is 38.0 Å². The van der Waals surface area contributed by atoms with Gasteiger partial charge in [-0.15, -0.1) is 0 Å². The zero-order valence-electron chi connectivity index (χ0n) is 20.1. The smallest absolute Gasteiger partial charge is 0.353 e. The average Bonchev–Trinajstić information content (AvgIpc) is 3.19. The van der Waals surface area contributed by atoms with Gasteiger partial charge in [-0.2, -0.15) is 13.2 Å². The van der Waals surface area contributed by atoms with Crippen molar-refractivity contribution in [1.29, 1.82) is 0 Å². The van der Waals surface area contributed by atoms with Crippen LogP contribution in [0, 0.1) is 5.92 Å².